The summed E-state index contributed by atoms with van der Waals surface area (Å²) in [5, 5.41) is 6.30. The zero-order valence-electron chi connectivity index (χ0n) is 11.8. The minimum absolute atomic E-state index is 0.119. The second-order valence-electron chi connectivity index (χ2n) is 5.34. The Morgan fingerprint density at radius 2 is 2.19 bits per heavy atom. The van der Waals surface area contributed by atoms with Crippen molar-refractivity contribution in [3.8, 4) is 0 Å². The van der Waals surface area contributed by atoms with Gasteiger partial charge in [0.05, 0.1) is 10.2 Å². The van der Waals surface area contributed by atoms with Gasteiger partial charge in [0, 0.05) is 19.4 Å². The third kappa shape index (κ3) is 3.78. The Balaban J connectivity index is 1.65. The van der Waals surface area contributed by atoms with Crippen LogP contribution in [-0.2, 0) is 16.0 Å². The molecule has 1 saturated carbocycles. The SMILES string of the molecule is CC(=O)Nc1nc2ccc(CCC(=O)NC3CC3)cc2s1. The third-order valence-corrected chi connectivity index (χ3v) is 4.25. The zero-order valence-corrected chi connectivity index (χ0v) is 12.6. The van der Waals surface area contributed by atoms with E-state index in [2.05, 4.69) is 15.6 Å². The molecule has 0 aliphatic heterocycles. The summed E-state index contributed by atoms with van der Waals surface area (Å²) in [6.07, 6.45) is 3.47. The molecule has 0 radical (unpaired) electrons. The number of thiazole rings is 1. The average Bonchev–Trinajstić information content (AvgIpc) is 3.13. The molecule has 110 valence electrons. The molecule has 2 N–H and O–H groups in total. The van der Waals surface area contributed by atoms with E-state index in [0.717, 1.165) is 35.0 Å². The van der Waals surface area contributed by atoms with Gasteiger partial charge in [-0.25, -0.2) is 4.98 Å². The molecular formula is C15H17N3O2S. The molecular weight excluding hydrogens is 286 g/mol. The number of nitrogens with zero attached hydrogens (tertiary/aromatic N) is 1. The van der Waals surface area contributed by atoms with Crippen LogP contribution in [-0.4, -0.2) is 22.8 Å². The number of carbonyl (C=O) groups excluding carboxylic acids is 2. The Labute approximate surface area is 126 Å². The van der Waals surface area contributed by atoms with Crippen LogP contribution >= 0.6 is 11.3 Å². The summed E-state index contributed by atoms with van der Waals surface area (Å²) in [4.78, 5) is 27.1. The monoisotopic (exact) mass is 303 g/mol. The van der Waals surface area contributed by atoms with Crippen molar-refractivity contribution < 1.29 is 9.59 Å². The third-order valence-electron chi connectivity index (χ3n) is 3.32. The Morgan fingerprint density at radius 1 is 1.38 bits per heavy atom. The molecule has 3 rings (SSSR count). The van der Waals surface area contributed by atoms with Gasteiger partial charge in [0.25, 0.3) is 0 Å². The van der Waals surface area contributed by atoms with Gasteiger partial charge in [0.1, 0.15) is 0 Å². The molecule has 5 nitrogen and oxygen atoms in total. The minimum Gasteiger partial charge on any atom is -0.353 e. The minimum atomic E-state index is -0.119. The Bertz CT molecular complexity index is 691. The summed E-state index contributed by atoms with van der Waals surface area (Å²) >= 11 is 1.45. The Kier molecular flexibility index (Phi) is 3.88. The number of aryl methyl sites for hydroxylation is 1. The van der Waals surface area contributed by atoms with Crippen LogP contribution in [0.1, 0.15) is 31.7 Å². The summed E-state index contributed by atoms with van der Waals surface area (Å²) in [5.41, 5.74) is 1.99. The maximum absolute atomic E-state index is 11.7. The normalized spacial score (nSPS) is 14.1. The summed E-state index contributed by atoms with van der Waals surface area (Å²) in [6, 6.07) is 6.39. The number of nitrogens with one attached hydrogen (secondary N) is 2. The Morgan fingerprint density at radius 3 is 2.90 bits per heavy atom. The largest absolute Gasteiger partial charge is 0.353 e. The van der Waals surface area contributed by atoms with Gasteiger partial charge in [-0.15, -0.1) is 0 Å². The van der Waals surface area contributed by atoms with Crippen LogP contribution in [0.15, 0.2) is 18.2 Å². The van der Waals surface area contributed by atoms with Crippen molar-refractivity contribution >= 4 is 38.5 Å². The van der Waals surface area contributed by atoms with Crippen molar-refractivity contribution in [1.82, 2.24) is 10.3 Å². The van der Waals surface area contributed by atoms with E-state index in [1.807, 2.05) is 18.2 Å². The quantitative estimate of drug-likeness (QED) is 0.891. The van der Waals surface area contributed by atoms with Crippen molar-refractivity contribution in [2.75, 3.05) is 5.32 Å². The van der Waals surface area contributed by atoms with Crippen molar-refractivity contribution in [2.24, 2.45) is 0 Å². The van der Waals surface area contributed by atoms with E-state index in [4.69, 9.17) is 0 Å². The fourth-order valence-electron chi connectivity index (χ4n) is 2.11. The fraction of sp³-hybridized carbons (Fsp3) is 0.400. The van der Waals surface area contributed by atoms with Gasteiger partial charge in [0.15, 0.2) is 5.13 Å². The molecule has 1 aromatic heterocycles. The van der Waals surface area contributed by atoms with Crippen LogP contribution in [0.3, 0.4) is 0 Å². The van der Waals surface area contributed by atoms with E-state index >= 15 is 0 Å². The molecule has 1 heterocycles. The topological polar surface area (TPSA) is 71.1 Å². The molecule has 0 spiro atoms. The second-order valence-corrected chi connectivity index (χ2v) is 6.37. The number of benzene rings is 1. The molecule has 0 unspecified atom stereocenters. The van der Waals surface area contributed by atoms with Crippen LogP contribution in [0.4, 0.5) is 5.13 Å². The number of aromatic nitrogens is 1. The molecule has 0 atom stereocenters. The number of anilines is 1. The van der Waals surface area contributed by atoms with Crippen molar-refractivity contribution in [3.63, 3.8) is 0 Å². The highest BCUT2D eigenvalue weighted by Gasteiger charge is 2.22. The van der Waals surface area contributed by atoms with Crippen LogP contribution in [0.25, 0.3) is 10.2 Å². The first-order chi connectivity index (χ1) is 10.1. The molecule has 6 heteroatoms. The number of hydrogen-bond donors (Lipinski definition) is 2. The zero-order chi connectivity index (χ0) is 14.8. The van der Waals surface area contributed by atoms with E-state index in [-0.39, 0.29) is 11.8 Å². The van der Waals surface area contributed by atoms with Gasteiger partial charge in [0.2, 0.25) is 11.8 Å². The lowest BCUT2D eigenvalue weighted by molar-refractivity contribution is -0.121. The van der Waals surface area contributed by atoms with Gasteiger partial charge in [-0.3, -0.25) is 9.59 Å². The van der Waals surface area contributed by atoms with Gasteiger partial charge in [-0.2, -0.15) is 0 Å². The summed E-state index contributed by atoms with van der Waals surface area (Å²) in [5.74, 6) is 0.00636. The number of carbonyl (C=O) groups is 2. The van der Waals surface area contributed by atoms with Crippen LogP contribution < -0.4 is 10.6 Å². The molecule has 0 saturated heterocycles. The number of hydrogen-bond acceptors (Lipinski definition) is 4. The molecule has 2 amide bonds. The highest BCUT2D eigenvalue weighted by atomic mass is 32.1. The van der Waals surface area contributed by atoms with E-state index in [1.54, 1.807) is 0 Å². The molecule has 21 heavy (non-hydrogen) atoms. The molecule has 1 aliphatic carbocycles. The molecule has 0 bridgehead atoms. The van der Waals surface area contributed by atoms with Crippen LogP contribution in [0.5, 0.6) is 0 Å². The predicted octanol–water partition coefficient (Wildman–Crippen LogP) is 2.47. The van der Waals surface area contributed by atoms with Gasteiger partial charge in [-0.05, 0) is 37.0 Å². The summed E-state index contributed by atoms with van der Waals surface area (Å²) in [7, 11) is 0. The first kappa shape index (κ1) is 14.0. The first-order valence-electron chi connectivity index (χ1n) is 7.06. The highest BCUT2D eigenvalue weighted by Crippen LogP contribution is 2.27. The smallest absolute Gasteiger partial charge is 0.223 e. The van der Waals surface area contributed by atoms with Crippen LogP contribution in [0.2, 0.25) is 0 Å². The molecule has 2 aromatic rings. The molecule has 1 fully saturated rings. The maximum atomic E-state index is 11.7. The number of fused-ring (bicyclic) bond motifs is 1. The first-order valence-corrected chi connectivity index (χ1v) is 7.88. The second kappa shape index (κ2) is 5.81. The van der Waals surface area contributed by atoms with Gasteiger partial charge < -0.3 is 10.6 Å². The average molecular weight is 303 g/mol. The number of amides is 2. The summed E-state index contributed by atoms with van der Waals surface area (Å²) < 4.78 is 1.03. The van der Waals surface area contributed by atoms with Crippen molar-refractivity contribution in [3.05, 3.63) is 23.8 Å². The van der Waals surface area contributed by atoms with Gasteiger partial charge in [-0.1, -0.05) is 17.4 Å². The van der Waals surface area contributed by atoms with E-state index in [9.17, 15) is 9.59 Å². The van der Waals surface area contributed by atoms with E-state index < -0.39 is 0 Å². The molecule has 1 aromatic carbocycles. The highest BCUT2D eigenvalue weighted by molar-refractivity contribution is 7.22. The Hall–Kier alpha value is -1.95. The fourth-order valence-corrected chi connectivity index (χ4v) is 3.09. The lowest BCUT2D eigenvalue weighted by Crippen LogP contribution is -2.25. The standard InChI is InChI=1S/C15H17N3O2S/c1-9(19)16-15-18-12-6-2-10(8-13(12)21-15)3-7-14(20)17-11-4-5-11/h2,6,8,11H,3-5,7H2,1H3,(H,17,20)(H,16,18,19). The maximum Gasteiger partial charge on any atom is 0.223 e. The van der Waals surface area contributed by atoms with Crippen LogP contribution in [0, 0.1) is 0 Å². The van der Waals surface area contributed by atoms with Crippen molar-refractivity contribution in [2.45, 2.75) is 38.6 Å². The lowest BCUT2D eigenvalue weighted by Gasteiger charge is -2.03. The van der Waals surface area contributed by atoms with E-state index in [0.29, 0.717) is 17.6 Å². The summed E-state index contributed by atoms with van der Waals surface area (Å²) in [6.45, 7) is 1.47. The molecule has 1 aliphatic rings. The van der Waals surface area contributed by atoms with E-state index in [1.165, 1.54) is 18.3 Å². The number of rotatable bonds is 5. The lowest BCUT2D eigenvalue weighted by atomic mass is 10.1. The predicted molar refractivity (Wildman–Crippen MR) is 83.4 cm³/mol. The van der Waals surface area contributed by atoms with Gasteiger partial charge >= 0.3 is 0 Å². The van der Waals surface area contributed by atoms with Crippen molar-refractivity contribution in [1.29, 1.82) is 0 Å².